The molecule has 4 rings (SSSR count). The second-order valence-corrected chi connectivity index (χ2v) is 6.15. The second-order valence-electron chi connectivity index (χ2n) is 5.71. The Bertz CT molecular complexity index is 882. The molecule has 2 aromatic carbocycles. The molecule has 3 aromatic rings. The topological polar surface area (TPSA) is 46.3 Å². The van der Waals surface area contributed by atoms with Crippen molar-refractivity contribution in [3.63, 3.8) is 0 Å². The lowest BCUT2D eigenvalue weighted by Crippen LogP contribution is -2.27. The highest BCUT2D eigenvalue weighted by molar-refractivity contribution is 6.31. The summed E-state index contributed by atoms with van der Waals surface area (Å²) in [5, 5.41) is 0.621. The Kier molecular flexibility index (Phi) is 3.54. The first-order chi connectivity index (χ1) is 11.2. The molecule has 1 amide bonds. The number of carbonyl (C=O) groups is 1. The van der Waals surface area contributed by atoms with Crippen molar-refractivity contribution >= 4 is 28.6 Å². The summed E-state index contributed by atoms with van der Waals surface area (Å²) in [7, 11) is 0. The predicted octanol–water partition coefficient (Wildman–Crippen LogP) is 4.38. The molecule has 0 saturated carbocycles. The average Bonchev–Trinajstić information content (AvgIpc) is 3.23. The zero-order valence-corrected chi connectivity index (χ0v) is 13.2. The molecule has 0 radical (unpaired) electrons. The molecule has 0 N–H and O–H groups in total. The Hall–Kier alpha value is -2.33. The minimum Gasteiger partial charge on any atom is -0.436 e. The van der Waals surface area contributed by atoms with Crippen molar-refractivity contribution in [2.45, 2.75) is 12.8 Å². The maximum absolute atomic E-state index is 12.5. The fourth-order valence-electron chi connectivity index (χ4n) is 2.91. The molecule has 1 saturated heterocycles. The smallest absolute Gasteiger partial charge is 0.253 e. The van der Waals surface area contributed by atoms with Gasteiger partial charge in [0.2, 0.25) is 5.89 Å². The Balaban J connectivity index is 1.70. The molecule has 4 nitrogen and oxygen atoms in total. The van der Waals surface area contributed by atoms with E-state index in [2.05, 4.69) is 4.98 Å². The maximum atomic E-state index is 12.5. The predicted molar refractivity (Wildman–Crippen MR) is 89.6 cm³/mol. The third-order valence-electron chi connectivity index (χ3n) is 4.10. The van der Waals surface area contributed by atoms with Crippen LogP contribution in [0.2, 0.25) is 5.02 Å². The van der Waals surface area contributed by atoms with Gasteiger partial charge in [-0.2, -0.15) is 0 Å². The number of carbonyl (C=O) groups excluding carboxylic acids is 1. The standard InChI is InChI=1S/C18H15ClN2O2/c19-14-6-7-16-15(11-14)20-17(23-16)12-4-3-5-13(10-12)18(22)21-8-1-2-9-21/h3-7,10-11H,1-2,8-9H2. The fraction of sp³-hybridized carbons (Fsp3) is 0.222. The largest absolute Gasteiger partial charge is 0.436 e. The van der Waals surface area contributed by atoms with E-state index in [1.165, 1.54) is 0 Å². The number of halogens is 1. The zero-order chi connectivity index (χ0) is 15.8. The van der Waals surface area contributed by atoms with Gasteiger partial charge in [-0.25, -0.2) is 4.98 Å². The molecule has 0 spiro atoms. The van der Waals surface area contributed by atoms with E-state index in [9.17, 15) is 4.79 Å². The maximum Gasteiger partial charge on any atom is 0.253 e. The highest BCUT2D eigenvalue weighted by atomic mass is 35.5. The van der Waals surface area contributed by atoms with Crippen LogP contribution in [0, 0.1) is 0 Å². The van der Waals surface area contributed by atoms with Crippen LogP contribution in [0.15, 0.2) is 46.9 Å². The number of hydrogen-bond acceptors (Lipinski definition) is 3. The quantitative estimate of drug-likeness (QED) is 0.702. The van der Waals surface area contributed by atoms with Crippen LogP contribution >= 0.6 is 11.6 Å². The molecule has 1 aromatic heterocycles. The van der Waals surface area contributed by atoms with E-state index >= 15 is 0 Å². The van der Waals surface area contributed by atoms with Crippen molar-refractivity contribution in [3.05, 3.63) is 53.1 Å². The summed E-state index contributed by atoms with van der Waals surface area (Å²) in [4.78, 5) is 18.9. The molecule has 116 valence electrons. The van der Waals surface area contributed by atoms with Crippen LogP contribution in [-0.2, 0) is 0 Å². The van der Waals surface area contributed by atoms with Gasteiger partial charge in [0.1, 0.15) is 5.52 Å². The van der Waals surface area contributed by atoms with Crippen molar-refractivity contribution in [1.29, 1.82) is 0 Å². The molecule has 1 fully saturated rings. The van der Waals surface area contributed by atoms with Gasteiger partial charge in [-0.05, 0) is 49.2 Å². The van der Waals surface area contributed by atoms with Crippen LogP contribution in [0.4, 0.5) is 0 Å². The van der Waals surface area contributed by atoms with Gasteiger partial charge in [0, 0.05) is 29.2 Å². The highest BCUT2D eigenvalue weighted by Crippen LogP contribution is 2.27. The van der Waals surface area contributed by atoms with Crippen molar-refractivity contribution in [2.24, 2.45) is 0 Å². The third-order valence-corrected chi connectivity index (χ3v) is 4.33. The molecule has 5 heteroatoms. The summed E-state index contributed by atoms with van der Waals surface area (Å²) in [5.41, 5.74) is 2.86. The van der Waals surface area contributed by atoms with Gasteiger partial charge in [-0.15, -0.1) is 0 Å². The first kappa shape index (κ1) is 14.3. The van der Waals surface area contributed by atoms with Gasteiger partial charge in [-0.1, -0.05) is 17.7 Å². The number of benzene rings is 2. The number of hydrogen-bond donors (Lipinski definition) is 0. The van der Waals surface area contributed by atoms with Crippen LogP contribution in [0.25, 0.3) is 22.6 Å². The molecule has 1 aliphatic rings. The molecule has 1 aliphatic heterocycles. The van der Waals surface area contributed by atoms with Crippen LogP contribution in [-0.4, -0.2) is 28.9 Å². The molecule has 2 heterocycles. The van der Waals surface area contributed by atoms with Crippen LogP contribution in [0.5, 0.6) is 0 Å². The highest BCUT2D eigenvalue weighted by Gasteiger charge is 2.20. The fourth-order valence-corrected chi connectivity index (χ4v) is 3.08. The summed E-state index contributed by atoms with van der Waals surface area (Å²) in [6, 6.07) is 12.8. The van der Waals surface area contributed by atoms with Gasteiger partial charge in [-0.3, -0.25) is 4.79 Å². The van der Waals surface area contributed by atoms with E-state index in [4.69, 9.17) is 16.0 Å². The summed E-state index contributed by atoms with van der Waals surface area (Å²) in [6.07, 6.45) is 2.16. The van der Waals surface area contributed by atoms with Crippen LogP contribution < -0.4 is 0 Å². The van der Waals surface area contributed by atoms with Crippen LogP contribution in [0.3, 0.4) is 0 Å². The van der Waals surface area contributed by atoms with E-state index in [0.717, 1.165) is 31.5 Å². The number of aromatic nitrogens is 1. The van der Waals surface area contributed by atoms with E-state index in [-0.39, 0.29) is 5.91 Å². The van der Waals surface area contributed by atoms with Gasteiger partial charge < -0.3 is 9.32 Å². The first-order valence-electron chi connectivity index (χ1n) is 7.66. The summed E-state index contributed by atoms with van der Waals surface area (Å²) in [5.74, 6) is 0.571. The Morgan fingerprint density at radius 2 is 1.96 bits per heavy atom. The van der Waals surface area contributed by atoms with Crippen LogP contribution in [0.1, 0.15) is 23.2 Å². The third kappa shape index (κ3) is 2.70. The number of amides is 1. The SMILES string of the molecule is O=C(c1cccc(-c2nc3cc(Cl)ccc3o2)c1)N1CCCC1. The molecule has 0 unspecified atom stereocenters. The van der Waals surface area contributed by atoms with Gasteiger partial charge in [0.05, 0.1) is 0 Å². The van der Waals surface area contributed by atoms with Crippen molar-refractivity contribution in [3.8, 4) is 11.5 Å². The molecule has 0 atom stereocenters. The Morgan fingerprint density at radius 1 is 1.13 bits per heavy atom. The average molecular weight is 327 g/mol. The molecular weight excluding hydrogens is 312 g/mol. The number of oxazole rings is 1. The van der Waals surface area contributed by atoms with E-state index in [0.29, 0.717) is 27.6 Å². The number of rotatable bonds is 2. The first-order valence-corrected chi connectivity index (χ1v) is 8.04. The monoisotopic (exact) mass is 326 g/mol. The normalized spacial score (nSPS) is 14.6. The van der Waals surface area contributed by atoms with Crippen molar-refractivity contribution in [2.75, 3.05) is 13.1 Å². The van der Waals surface area contributed by atoms with Gasteiger partial charge >= 0.3 is 0 Å². The van der Waals surface area contributed by atoms with E-state index < -0.39 is 0 Å². The Morgan fingerprint density at radius 3 is 2.78 bits per heavy atom. The minimum absolute atomic E-state index is 0.0727. The number of nitrogens with zero attached hydrogens (tertiary/aromatic N) is 2. The molecular formula is C18H15ClN2O2. The second kappa shape index (κ2) is 5.70. The van der Waals surface area contributed by atoms with E-state index in [1.54, 1.807) is 18.2 Å². The lowest BCUT2D eigenvalue weighted by molar-refractivity contribution is 0.0793. The zero-order valence-electron chi connectivity index (χ0n) is 12.5. The summed E-state index contributed by atoms with van der Waals surface area (Å²) in [6.45, 7) is 1.68. The van der Waals surface area contributed by atoms with Gasteiger partial charge in [0.15, 0.2) is 5.58 Å². The number of likely N-dealkylation sites (tertiary alicyclic amines) is 1. The summed E-state index contributed by atoms with van der Waals surface area (Å²) < 4.78 is 5.77. The van der Waals surface area contributed by atoms with Crippen molar-refractivity contribution in [1.82, 2.24) is 9.88 Å². The lowest BCUT2D eigenvalue weighted by atomic mass is 10.1. The Labute approximate surface area is 138 Å². The molecule has 0 bridgehead atoms. The lowest BCUT2D eigenvalue weighted by Gasteiger charge is -2.15. The number of fused-ring (bicyclic) bond motifs is 1. The molecule has 0 aliphatic carbocycles. The van der Waals surface area contributed by atoms with Crippen molar-refractivity contribution < 1.29 is 9.21 Å². The van der Waals surface area contributed by atoms with E-state index in [1.807, 2.05) is 29.2 Å². The minimum atomic E-state index is 0.0727. The summed E-state index contributed by atoms with van der Waals surface area (Å²) >= 11 is 5.98. The van der Waals surface area contributed by atoms with Gasteiger partial charge in [0.25, 0.3) is 5.91 Å². The molecule has 23 heavy (non-hydrogen) atoms.